The quantitative estimate of drug-likeness (QED) is 0.370. The van der Waals surface area contributed by atoms with Crippen LogP contribution in [0.1, 0.15) is 39.6 Å². The molecule has 1 aliphatic heterocycles. The van der Waals surface area contributed by atoms with E-state index in [1.165, 1.54) is 17.3 Å². The average molecular weight is 473 g/mol. The van der Waals surface area contributed by atoms with E-state index in [4.69, 9.17) is 0 Å². The van der Waals surface area contributed by atoms with E-state index in [9.17, 15) is 13.2 Å². The van der Waals surface area contributed by atoms with Crippen molar-refractivity contribution in [3.63, 3.8) is 0 Å². The molecule has 3 aromatic rings. The Kier molecular flexibility index (Phi) is 6.57. The van der Waals surface area contributed by atoms with Gasteiger partial charge in [0.05, 0.1) is 17.3 Å². The first kappa shape index (κ1) is 22.8. The van der Waals surface area contributed by atoms with Crippen molar-refractivity contribution in [1.29, 1.82) is 0 Å². The highest BCUT2D eigenvalue weighted by atomic mass is 32.2. The Balaban J connectivity index is 1.40. The van der Waals surface area contributed by atoms with Gasteiger partial charge in [-0.2, -0.15) is 0 Å². The number of aryl methyl sites for hydroxylation is 1. The van der Waals surface area contributed by atoms with Gasteiger partial charge in [0.25, 0.3) is 0 Å². The standard InChI is InChI=1S/C23H28N4O3S2/c1-16-11-20(17(2)27(16)13-18-7-5-4-6-8-18)21(28)14-31-23-25-24-22(26(23)3)12-19-9-10-32(29,30)15-19/h4-8,11,19H,9-10,12-15H2,1-3H3/t19-/m1/s1. The topological polar surface area (TPSA) is 86.9 Å². The molecular weight excluding hydrogens is 444 g/mol. The van der Waals surface area contributed by atoms with E-state index in [2.05, 4.69) is 26.9 Å². The van der Waals surface area contributed by atoms with Gasteiger partial charge in [0, 0.05) is 37.0 Å². The van der Waals surface area contributed by atoms with Crippen LogP contribution < -0.4 is 0 Å². The van der Waals surface area contributed by atoms with Crippen molar-refractivity contribution in [3.8, 4) is 0 Å². The highest BCUT2D eigenvalue weighted by Gasteiger charge is 2.29. The maximum atomic E-state index is 13.0. The molecule has 0 radical (unpaired) electrons. The first-order valence-corrected chi connectivity index (χ1v) is 13.5. The summed E-state index contributed by atoms with van der Waals surface area (Å²) in [5, 5.41) is 9.15. The van der Waals surface area contributed by atoms with Gasteiger partial charge in [-0.05, 0) is 37.8 Å². The van der Waals surface area contributed by atoms with Gasteiger partial charge in [-0.1, -0.05) is 42.1 Å². The van der Waals surface area contributed by atoms with Crippen LogP contribution in [0.3, 0.4) is 0 Å². The van der Waals surface area contributed by atoms with Crippen LogP contribution in [-0.2, 0) is 29.9 Å². The number of carbonyl (C=O) groups is 1. The Morgan fingerprint density at radius 1 is 1.19 bits per heavy atom. The first-order chi connectivity index (χ1) is 15.2. The second kappa shape index (κ2) is 9.23. The van der Waals surface area contributed by atoms with Gasteiger partial charge >= 0.3 is 0 Å². The molecule has 1 fully saturated rings. The molecular formula is C23H28N4O3S2. The SMILES string of the molecule is Cc1cc(C(=O)CSc2nnc(C[C@H]3CCS(=O)(=O)C3)n2C)c(C)n1Cc1ccccc1. The molecule has 0 aliphatic carbocycles. The van der Waals surface area contributed by atoms with Crippen molar-refractivity contribution in [2.75, 3.05) is 17.3 Å². The number of carbonyl (C=O) groups excluding carboxylic acids is 1. The van der Waals surface area contributed by atoms with E-state index in [0.717, 1.165) is 29.3 Å². The number of sulfone groups is 1. The molecule has 1 aromatic carbocycles. The monoisotopic (exact) mass is 472 g/mol. The van der Waals surface area contributed by atoms with E-state index in [0.29, 0.717) is 18.0 Å². The van der Waals surface area contributed by atoms with Crippen LogP contribution in [0, 0.1) is 19.8 Å². The number of nitrogens with zero attached hydrogens (tertiary/aromatic N) is 4. The minimum Gasteiger partial charge on any atom is -0.344 e. The molecule has 9 heteroatoms. The van der Waals surface area contributed by atoms with E-state index in [1.54, 1.807) is 0 Å². The summed E-state index contributed by atoms with van der Waals surface area (Å²) in [6, 6.07) is 12.2. The Labute approximate surface area is 193 Å². The van der Waals surface area contributed by atoms with Gasteiger partial charge in [0.2, 0.25) is 0 Å². The van der Waals surface area contributed by atoms with Gasteiger partial charge in [0.1, 0.15) is 5.82 Å². The van der Waals surface area contributed by atoms with Crippen molar-refractivity contribution in [2.45, 2.75) is 38.4 Å². The van der Waals surface area contributed by atoms with E-state index < -0.39 is 9.84 Å². The summed E-state index contributed by atoms with van der Waals surface area (Å²) in [5.41, 5.74) is 3.97. The maximum Gasteiger partial charge on any atom is 0.191 e. The number of hydrogen-bond donors (Lipinski definition) is 0. The fraction of sp³-hybridized carbons (Fsp3) is 0.435. The molecule has 1 atom stereocenters. The van der Waals surface area contributed by atoms with Crippen LogP contribution >= 0.6 is 11.8 Å². The third-order valence-electron chi connectivity index (χ3n) is 6.11. The molecule has 3 heterocycles. The number of hydrogen-bond acceptors (Lipinski definition) is 6. The molecule has 0 spiro atoms. The lowest BCUT2D eigenvalue weighted by Crippen LogP contribution is -2.11. The van der Waals surface area contributed by atoms with E-state index >= 15 is 0 Å². The highest BCUT2D eigenvalue weighted by molar-refractivity contribution is 7.99. The number of Topliss-reactive ketones (excluding diaryl/α,β-unsaturated/α-hetero) is 1. The summed E-state index contributed by atoms with van der Waals surface area (Å²) in [7, 11) is -1.04. The highest BCUT2D eigenvalue weighted by Crippen LogP contribution is 2.25. The lowest BCUT2D eigenvalue weighted by atomic mass is 10.1. The third-order valence-corrected chi connectivity index (χ3v) is 8.97. The summed E-state index contributed by atoms with van der Waals surface area (Å²) in [5.74, 6) is 1.68. The maximum absolute atomic E-state index is 13.0. The summed E-state index contributed by atoms with van der Waals surface area (Å²) in [4.78, 5) is 13.0. The molecule has 0 bridgehead atoms. The summed E-state index contributed by atoms with van der Waals surface area (Å²) in [6.45, 7) is 4.75. The number of ketones is 1. The Morgan fingerprint density at radius 2 is 1.94 bits per heavy atom. The van der Waals surface area contributed by atoms with Crippen LogP contribution in [0.2, 0.25) is 0 Å². The molecule has 32 heavy (non-hydrogen) atoms. The predicted molar refractivity (Wildman–Crippen MR) is 126 cm³/mol. The molecule has 0 amide bonds. The van der Waals surface area contributed by atoms with Crippen molar-refractivity contribution in [2.24, 2.45) is 13.0 Å². The summed E-state index contributed by atoms with van der Waals surface area (Å²) in [6.07, 6.45) is 1.27. The molecule has 7 nitrogen and oxygen atoms in total. The zero-order valence-electron chi connectivity index (χ0n) is 18.6. The van der Waals surface area contributed by atoms with Crippen LogP contribution in [0.4, 0.5) is 0 Å². The Morgan fingerprint density at radius 3 is 2.62 bits per heavy atom. The smallest absolute Gasteiger partial charge is 0.191 e. The number of benzene rings is 1. The van der Waals surface area contributed by atoms with Crippen LogP contribution in [0.15, 0.2) is 41.6 Å². The summed E-state index contributed by atoms with van der Waals surface area (Å²) >= 11 is 1.37. The first-order valence-electron chi connectivity index (χ1n) is 10.7. The Hall–Kier alpha value is -2.39. The zero-order chi connectivity index (χ0) is 22.9. The second-order valence-corrected chi connectivity index (χ2v) is 11.7. The number of thioether (sulfide) groups is 1. The molecule has 0 unspecified atom stereocenters. The minimum atomic E-state index is -2.91. The zero-order valence-corrected chi connectivity index (χ0v) is 20.2. The molecule has 1 saturated heterocycles. The van der Waals surface area contributed by atoms with Gasteiger partial charge < -0.3 is 9.13 Å². The molecule has 4 rings (SSSR count). The van der Waals surface area contributed by atoms with Crippen LogP contribution in [0.5, 0.6) is 0 Å². The van der Waals surface area contributed by atoms with Crippen molar-refractivity contribution in [1.82, 2.24) is 19.3 Å². The molecule has 1 aliphatic rings. The number of aromatic nitrogens is 4. The fourth-order valence-corrected chi connectivity index (χ4v) is 6.92. The lowest BCUT2D eigenvalue weighted by molar-refractivity contribution is 0.102. The van der Waals surface area contributed by atoms with Crippen molar-refractivity contribution < 1.29 is 13.2 Å². The van der Waals surface area contributed by atoms with Gasteiger partial charge in [-0.25, -0.2) is 8.42 Å². The normalized spacial score (nSPS) is 17.7. The second-order valence-electron chi connectivity index (χ2n) is 8.50. The van der Waals surface area contributed by atoms with Crippen molar-refractivity contribution in [3.05, 3.63) is 64.7 Å². The third kappa shape index (κ3) is 4.99. The number of rotatable bonds is 8. The molecule has 0 N–H and O–H groups in total. The summed E-state index contributed by atoms with van der Waals surface area (Å²) < 4.78 is 27.5. The molecule has 170 valence electrons. The van der Waals surface area contributed by atoms with Crippen molar-refractivity contribution >= 4 is 27.4 Å². The predicted octanol–water partition coefficient (Wildman–Crippen LogP) is 3.23. The van der Waals surface area contributed by atoms with E-state index in [1.807, 2.05) is 49.7 Å². The fourth-order valence-electron chi connectivity index (χ4n) is 4.24. The van der Waals surface area contributed by atoms with Gasteiger partial charge in [-0.15, -0.1) is 10.2 Å². The van der Waals surface area contributed by atoms with E-state index in [-0.39, 0.29) is 29.0 Å². The van der Waals surface area contributed by atoms with Crippen LogP contribution in [0.25, 0.3) is 0 Å². The largest absolute Gasteiger partial charge is 0.344 e. The average Bonchev–Trinajstić information content (AvgIpc) is 3.38. The minimum absolute atomic E-state index is 0.0637. The molecule has 0 saturated carbocycles. The Bertz CT molecular complexity index is 1230. The van der Waals surface area contributed by atoms with Crippen LogP contribution in [-0.4, -0.2) is 50.8 Å². The van der Waals surface area contributed by atoms with Gasteiger partial charge in [0.15, 0.2) is 20.8 Å². The lowest BCUT2D eigenvalue weighted by Gasteiger charge is -2.10. The molecule has 2 aromatic heterocycles. The van der Waals surface area contributed by atoms with Gasteiger partial charge in [-0.3, -0.25) is 4.79 Å².